The molecule has 0 amide bonds. The minimum atomic E-state index is -0.688. The lowest BCUT2D eigenvalue weighted by Gasteiger charge is -2.14. The van der Waals surface area contributed by atoms with Crippen LogP contribution in [0.3, 0.4) is 0 Å². The summed E-state index contributed by atoms with van der Waals surface area (Å²) in [6.07, 6.45) is 0. The molecule has 0 aromatic carbocycles. The molecule has 0 nitrogen and oxygen atoms in total. The maximum Gasteiger partial charge on any atom is 0.135 e. The average Bonchev–Trinajstić information content (AvgIpc) is 2.03. The van der Waals surface area contributed by atoms with E-state index in [0.717, 1.165) is 5.57 Å². The van der Waals surface area contributed by atoms with Gasteiger partial charge in [-0.2, -0.15) is 0 Å². The van der Waals surface area contributed by atoms with Gasteiger partial charge in [0.15, 0.2) is 0 Å². The zero-order valence-corrected chi connectivity index (χ0v) is 11.7. The van der Waals surface area contributed by atoms with E-state index in [-0.39, 0.29) is 5.92 Å². The molecule has 0 rings (SSSR count). The first-order valence-electron chi connectivity index (χ1n) is 4.30. The van der Waals surface area contributed by atoms with E-state index in [9.17, 15) is 0 Å². The van der Waals surface area contributed by atoms with Gasteiger partial charge in [0, 0.05) is 15.6 Å². The molecule has 0 atom stereocenters. The number of halogens is 4. The molecule has 0 aliphatic carbocycles. The molecule has 0 fully saturated rings. The van der Waals surface area contributed by atoms with Crippen molar-refractivity contribution in [1.82, 2.24) is 0 Å². The molecule has 0 spiro atoms. The van der Waals surface area contributed by atoms with Crippen LogP contribution in [-0.2, 0) is 0 Å². The van der Waals surface area contributed by atoms with Crippen LogP contribution in [0.25, 0.3) is 0 Å². The molecule has 0 aliphatic heterocycles. The van der Waals surface area contributed by atoms with Crippen molar-refractivity contribution in [1.29, 1.82) is 0 Å². The molecule has 0 saturated heterocycles. The Hall–Kier alpha value is 0.640. The van der Waals surface area contributed by atoms with Gasteiger partial charge in [-0.15, -0.1) is 0 Å². The van der Waals surface area contributed by atoms with Crippen molar-refractivity contribution in [2.45, 2.75) is 32.5 Å². The molecule has 0 aliphatic rings. The van der Waals surface area contributed by atoms with Crippen LogP contribution in [0, 0.1) is 5.92 Å². The predicted molar refractivity (Wildman–Crippen MR) is 67.4 cm³/mol. The Kier molecular flexibility index (Phi) is 6.56. The first-order valence-corrected chi connectivity index (χ1v) is 5.93. The second kappa shape index (κ2) is 6.27. The van der Waals surface area contributed by atoms with Gasteiger partial charge >= 0.3 is 0 Å². The van der Waals surface area contributed by atoms with Crippen LogP contribution in [0.4, 0.5) is 0 Å². The molecular weight excluding hydrogens is 262 g/mol. The number of hydrogen-bond acceptors (Lipinski definition) is 0. The predicted octanol–water partition coefficient (Wildman–Crippen LogP) is 5.47. The monoisotopic (exact) mass is 274 g/mol. The Labute approximate surface area is 106 Å². The van der Waals surface area contributed by atoms with Crippen LogP contribution >= 0.6 is 46.4 Å². The fourth-order valence-corrected chi connectivity index (χ4v) is 2.02. The van der Waals surface area contributed by atoms with E-state index in [1.54, 1.807) is 0 Å². The van der Waals surface area contributed by atoms with Crippen molar-refractivity contribution in [3.8, 4) is 0 Å². The molecule has 0 bridgehead atoms. The Morgan fingerprint density at radius 1 is 1.00 bits per heavy atom. The van der Waals surface area contributed by atoms with Gasteiger partial charge in [0.25, 0.3) is 0 Å². The Morgan fingerprint density at radius 2 is 1.43 bits per heavy atom. The summed E-state index contributed by atoms with van der Waals surface area (Å²) in [5.41, 5.74) is 1.57. The minimum Gasteiger partial charge on any atom is -0.1000 e. The zero-order valence-electron chi connectivity index (χ0n) is 8.67. The number of alkyl halides is 2. The van der Waals surface area contributed by atoms with E-state index < -0.39 is 4.84 Å². The van der Waals surface area contributed by atoms with Crippen LogP contribution in [-0.4, -0.2) is 4.84 Å². The van der Waals surface area contributed by atoms with E-state index in [0.29, 0.717) is 15.6 Å². The first kappa shape index (κ1) is 14.6. The van der Waals surface area contributed by atoms with Gasteiger partial charge in [0.05, 0.1) is 0 Å². The van der Waals surface area contributed by atoms with Crippen molar-refractivity contribution in [3.05, 3.63) is 21.2 Å². The molecule has 0 N–H and O–H groups in total. The standard InChI is InChI=1S/C10H14Cl4/c1-5(2)8(11)7(10(13)14)9(12)6(3)4/h5,10H,1-4H3/b8-7-. The minimum absolute atomic E-state index is 0.166. The molecule has 0 unspecified atom stereocenters. The van der Waals surface area contributed by atoms with Gasteiger partial charge in [-0.1, -0.05) is 65.8 Å². The maximum absolute atomic E-state index is 6.11. The molecule has 0 aromatic heterocycles. The van der Waals surface area contributed by atoms with E-state index in [1.165, 1.54) is 0 Å². The summed E-state index contributed by atoms with van der Waals surface area (Å²) in [6, 6.07) is 0. The molecule has 4 heteroatoms. The van der Waals surface area contributed by atoms with E-state index >= 15 is 0 Å². The highest BCUT2D eigenvalue weighted by molar-refractivity contribution is 6.49. The summed E-state index contributed by atoms with van der Waals surface area (Å²) in [5, 5.41) is 1.17. The number of rotatable bonds is 3. The molecule has 0 aromatic rings. The topological polar surface area (TPSA) is 0 Å². The largest absolute Gasteiger partial charge is 0.135 e. The lowest BCUT2D eigenvalue weighted by Crippen LogP contribution is -2.02. The summed E-state index contributed by atoms with van der Waals surface area (Å²) < 4.78 is 0. The third-order valence-electron chi connectivity index (χ3n) is 1.66. The lowest BCUT2D eigenvalue weighted by molar-refractivity contribution is 0.803. The van der Waals surface area contributed by atoms with Crippen LogP contribution < -0.4 is 0 Å². The number of allylic oxidation sites excluding steroid dienone is 4. The number of hydrogen-bond donors (Lipinski definition) is 0. The normalized spacial score (nSPS) is 13.3. The highest BCUT2D eigenvalue weighted by atomic mass is 35.5. The third kappa shape index (κ3) is 4.02. The summed E-state index contributed by atoms with van der Waals surface area (Å²) in [6.45, 7) is 7.72. The Balaban J connectivity index is 5.38. The van der Waals surface area contributed by atoms with Crippen molar-refractivity contribution >= 4 is 46.4 Å². The highest BCUT2D eigenvalue weighted by Crippen LogP contribution is 2.34. The quantitative estimate of drug-likeness (QED) is 0.473. The van der Waals surface area contributed by atoms with Crippen LogP contribution in [0.15, 0.2) is 21.2 Å². The van der Waals surface area contributed by atoms with Crippen molar-refractivity contribution in [3.63, 3.8) is 0 Å². The van der Waals surface area contributed by atoms with Gasteiger partial charge < -0.3 is 0 Å². The summed E-state index contributed by atoms with van der Waals surface area (Å²) in [4.78, 5) is -0.688. The third-order valence-corrected chi connectivity index (χ3v) is 3.32. The van der Waals surface area contributed by atoms with Crippen LogP contribution in [0.5, 0.6) is 0 Å². The van der Waals surface area contributed by atoms with Crippen LogP contribution in [0.2, 0.25) is 0 Å². The molecular formula is C10H14Cl4. The Morgan fingerprint density at radius 3 is 1.64 bits per heavy atom. The second-order valence-electron chi connectivity index (χ2n) is 3.53. The van der Waals surface area contributed by atoms with E-state index in [2.05, 4.69) is 0 Å². The van der Waals surface area contributed by atoms with Gasteiger partial charge in [-0.05, 0) is 19.8 Å². The maximum atomic E-state index is 6.11. The smallest absolute Gasteiger partial charge is 0.1000 e. The summed E-state index contributed by atoms with van der Waals surface area (Å²) >= 11 is 23.8. The van der Waals surface area contributed by atoms with Crippen molar-refractivity contribution in [2.75, 3.05) is 0 Å². The van der Waals surface area contributed by atoms with Crippen molar-refractivity contribution < 1.29 is 0 Å². The van der Waals surface area contributed by atoms with Crippen LogP contribution in [0.1, 0.15) is 27.7 Å². The molecule has 0 radical (unpaired) electrons. The molecule has 0 heterocycles. The van der Waals surface area contributed by atoms with Gasteiger partial charge in [0.2, 0.25) is 0 Å². The molecule has 14 heavy (non-hydrogen) atoms. The molecule has 82 valence electrons. The average molecular weight is 276 g/mol. The first-order chi connectivity index (χ1) is 6.29. The highest BCUT2D eigenvalue weighted by Gasteiger charge is 2.18. The fourth-order valence-electron chi connectivity index (χ4n) is 0.885. The fraction of sp³-hybridized carbons (Fsp3) is 0.600. The van der Waals surface area contributed by atoms with E-state index in [1.807, 2.05) is 27.7 Å². The SMILES string of the molecule is CC(C)=C(Cl)/C(=C(/Cl)C(C)C)C(Cl)Cl. The van der Waals surface area contributed by atoms with Crippen molar-refractivity contribution in [2.24, 2.45) is 5.92 Å². The second-order valence-corrected chi connectivity index (χ2v) is 5.41. The van der Waals surface area contributed by atoms with E-state index in [4.69, 9.17) is 46.4 Å². The summed E-state index contributed by atoms with van der Waals surface area (Å²) in [7, 11) is 0. The van der Waals surface area contributed by atoms with Gasteiger partial charge in [-0.3, -0.25) is 0 Å². The van der Waals surface area contributed by atoms with Gasteiger partial charge in [0.1, 0.15) is 4.84 Å². The Bertz CT molecular complexity index is 257. The lowest BCUT2D eigenvalue weighted by atomic mass is 10.1. The van der Waals surface area contributed by atoms with Gasteiger partial charge in [-0.25, -0.2) is 0 Å². The zero-order chi connectivity index (χ0) is 11.5. The summed E-state index contributed by atoms with van der Waals surface area (Å²) in [5.74, 6) is 0.166. The molecule has 0 saturated carbocycles.